The number of hydrogen-bond donors (Lipinski definition) is 0. The van der Waals surface area contributed by atoms with Crippen LogP contribution in [0.25, 0.3) is 10.2 Å². The Hall–Kier alpha value is -2.03. The lowest BCUT2D eigenvalue weighted by Crippen LogP contribution is -2.57. The van der Waals surface area contributed by atoms with E-state index in [1.54, 1.807) is 23.3 Å². The summed E-state index contributed by atoms with van der Waals surface area (Å²) in [6.45, 7) is 6.99. The van der Waals surface area contributed by atoms with Gasteiger partial charge in [-0.1, -0.05) is 12.1 Å². The fourth-order valence-corrected chi connectivity index (χ4v) is 5.44. The molecule has 0 saturated carbocycles. The van der Waals surface area contributed by atoms with Crippen molar-refractivity contribution in [3.63, 3.8) is 0 Å². The van der Waals surface area contributed by atoms with Crippen LogP contribution < -0.4 is 0 Å². The Kier molecular flexibility index (Phi) is 5.59. The van der Waals surface area contributed by atoms with E-state index >= 15 is 0 Å². The number of aromatic nitrogens is 1. The quantitative estimate of drug-likeness (QED) is 0.678. The summed E-state index contributed by atoms with van der Waals surface area (Å²) < 4.78 is 6.40. The van der Waals surface area contributed by atoms with Crippen LogP contribution in [0.3, 0.4) is 0 Å². The number of carbonyl (C=O) groups is 2. The maximum absolute atomic E-state index is 13.3. The van der Waals surface area contributed by atoms with Crippen LogP contribution in [0.4, 0.5) is 4.79 Å². The van der Waals surface area contributed by atoms with E-state index < -0.39 is 5.54 Å². The molecule has 2 saturated heterocycles. The first-order valence-corrected chi connectivity index (χ1v) is 11.0. The molecule has 2 fully saturated rings. The Balaban J connectivity index is 1.49. The third-order valence-corrected chi connectivity index (χ3v) is 7.01. The van der Waals surface area contributed by atoms with Gasteiger partial charge in [-0.3, -0.25) is 14.6 Å². The minimum atomic E-state index is -0.732. The van der Waals surface area contributed by atoms with Gasteiger partial charge in [0, 0.05) is 32.8 Å². The summed E-state index contributed by atoms with van der Waals surface area (Å²) >= 11 is 1.72. The van der Waals surface area contributed by atoms with Gasteiger partial charge in [0.1, 0.15) is 10.5 Å². The molecule has 1 aromatic heterocycles. The first-order chi connectivity index (χ1) is 14.0. The van der Waals surface area contributed by atoms with Crippen molar-refractivity contribution in [2.24, 2.45) is 0 Å². The molecule has 2 aromatic rings. The number of likely N-dealkylation sites (tertiary alicyclic amines) is 1. The highest BCUT2D eigenvalue weighted by atomic mass is 32.1. The third-order valence-electron chi connectivity index (χ3n) is 5.99. The fraction of sp³-hybridized carbons (Fsp3) is 0.571. The normalized spacial score (nSPS) is 20.0. The summed E-state index contributed by atoms with van der Waals surface area (Å²) in [5, 5.41) is 1.09. The van der Waals surface area contributed by atoms with Crippen molar-refractivity contribution in [2.45, 2.75) is 44.8 Å². The molecule has 7 nitrogen and oxygen atoms in total. The van der Waals surface area contributed by atoms with E-state index in [-0.39, 0.29) is 18.0 Å². The molecular formula is C21H28N4O3S. The van der Waals surface area contributed by atoms with E-state index in [1.807, 2.05) is 32.0 Å². The van der Waals surface area contributed by atoms with Crippen LogP contribution >= 0.6 is 11.3 Å². The average Bonchev–Trinajstić information content (AvgIpc) is 3.19. The molecule has 29 heavy (non-hydrogen) atoms. The molecule has 1 aromatic carbocycles. The number of thiazole rings is 1. The van der Waals surface area contributed by atoms with Crippen molar-refractivity contribution in [2.75, 3.05) is 33.4 Å². The minimum Gasteiger partial charge on any atom is -0.383 e. The summed E-state index contributed by atoms with van der Waals surface area (Å²) in [4.78, 5) is 36.5. The lowest BCUT2D eigenvalue weighted by Gasteiger charge is -2.42. The predicted octanol–water partition coefficient (Wildman–Crippen LogP) is 2.95. The van der Waals surface area contributed by atoms with Crippen molar-refractivity contribution in [1.29, 1.82) is 0 Å². The van der Waals surface area contributed by atoms with Gasteiger partial charge in [-0.15, -0.1) is 11.3 Å². The lowest BCUT2D eigenvalue weighted by atomic mass is 9.85. The summed E-state index contributed by atoms with van der Waals surface area (Å²) in [5.74, 6) is -0.0479. The maximum atomic E-state index is 13.3. The number of ether oxygens (including phenoxy) is 1. The topological polar surface area (TPSA) is 66.0 Å². The summed E-state index contributed by atoms with van der Waals surface area (Å²) in [5.41, 5.74) is 0.306. The Labute approximate surface area is 175 Å². The predicted molar refractivity (Wildman–Crippen MR) is 113 cm³/mol. The Morgan fingerprint density at radius 3 is 2.59 bits per heavy atom. The number of nitrogens with zero attached hydrogens (tertiary/aromatic N) is 4. The van der Waals surface area contributed by atoms with Gasteiger partial charge in [-0.05, 0) is 38.8 Å². The van der Waals surface area contributed by atoms with Crippen LogP contribution in [0, 0.1) is 0 Å². The molecule has 2 aliphatic rings. The van der Waals surface area contributed by atoms with Crippen molar-refractivity contribution in [3.8, 4) is 0 Å². The number of hydrogen-bond acceptors (Lipinski definition) is 6. The number of amides is 3. The van der Waals surface area contributed by atoms with E-state index in [0.717, 1.165) is 30.2 Å². The second kappa shape index (κ2) is 8.01. The number of para-hydroxylation sites is 1. The fourth-order valence-electron chi connectivity index (χ4n) is 4.43. The van der Waals surface area contributed by atoms with Crippen LogP contribution in [-0.2, 0) is 16.1 Å². The molecule has 8 heteroatoms. The van der Waals surface area contributed by atoms with E-state index in [0.29, 0.717) is 26.0 Å². The van der Waals surface area contributed by atoms with Crippen molar-refractivity contribution in [1.82, 2.24) is 19.7 Å². The monoisotopic (exact) mass is 416 g/mol. The van der Waals surface area contributed by atoms with E-state index in [2.05, 4.69) is 11.0 Å². The highest BCUT2D eigenvalue weighted by molar-refractivity contribution is 7.18. The van der Waals surface area contributed by atoms with Gasteiger partial charge >= 0.3 is 6.03 Å². The van der Waals surface area contributed by atoms with Crippen molar-refractivity contribution >= 4 is 33.5 Å². The highest BCUT2D eigenvalue weighted by Gasteiger charge is 2.58. The zero-order valence-electron chi connectivity index (χ0n) is 17.3. The van der Waals surface area contributed by atoms with Crippen LogP contribution in [0.2, 0.25) is 0 Å². The molecule has 4 rings (SSSR count). The van der Waals surface area contributed by atoms with E-state index in [9.17, 15) is 9.59 Å². The second-order valence-corrected chi connectivity index (χ2v) is 9.19. The van der Waals surface area contributed by atoms with Crippen LogP contribution in [-0.4, -0.2) is 76.6 Å². The molecule has 0 radical (unpaired) electrons. The number of carbonyl (C=O) groups excluding carboxylic acids is 2. The molecule has 156 valence electrons. The zero-order chi connectivity index (χ0) is 20.6. The van der Waals surface area contributed by atoms with Crippen molar-refractivity contribution in [3.05, 3.63) is 29.3 Å². The van der Waals surface area contributed by atoms with Crippen LogP contribution in [0.5, 0.6) is 0 Å². The number of rotatable bonds is 6. The summed E-state index contributed by atoms with van der Waals surface area (Å²) in [6, 6.07) is 7.86. The SMILES string of the molecule is COCCN1C(=O)N(C(C)C)C(=O)C12CCN(Cc1nc3ccccc3s1)CC2. The minimum absolute atomic E-state index is 0.0479. The van der Waals surface area contributed by atoms with Crippen molar-refractivity contribution < 1.29 is 14.3 Å². The molecule has 1 spiro atoms. The van der Waals surface area contributed by atoms with Gasteiger partial charge in [-0.25, -0.2) is 9.78 Å². The number of imide groups is 1. The number of urea groups is 1. The Morgan fingerprint density at radius 2 is 1.93 bits per heavy atom. The second-order valence-electron chi connectivity index (χ2n) is 8.08. The largest absolute Gasteiger partial charge is 0.383 e. The molecular weight excluding hydrogens is 388 g/mol. The molecule has 0 N–H and O–H groups in total. The first-order valence-electron chi connectivity index (χ1n) is 10.2. The Bertz CT molecular complexity index is 871. The molecule has 0 bridgehead atoms. The lowest BCUT2D eigenvalue weighted by molar-refractivity contribution is -0.136. The zero-order valence-corrected chi connectivity index (χ0v) is 18.1. The molecule has 2 aliphatic heterocycles. The Morgan fingerprint density at radius 1 is 1.21 bits per heavy atom. The average molecular weight is 417 g/mol. The van der Waals surface area contributed by atoms with Gasteiger partial charge in [-0.2, -0.15) is 0 Å². The number of methoxy groups -OCH3 is 1. The maximum Gasteiger partial charge on any atom is 0.327 e. The third kappa shape index (κ3) is 3.53. The smallest absolute Gasteiger partial charge is 0.327 e. The number of piperidine rings is 1. The summed E-state index contributed by atoms with van der Waals surface area (Å²) in [6.07, 6.45) is 1.30. The van der Waals surface area contributed by atoms with E-state index in [4.69, 9.17) is 9.72 Å². The van der Waals surface area contributed by atoms with Gasteiger partial charge in [0.2, 0.25) is 0 Å². The highest BCUT2D eigenvalue weighted by Crippen LogP contribution is 2.38. The van der Waals surface area contributed by atoms with Gasteiger partial charge in [0.25, 0.3) is 5.91 Å². The standard InChI is InChI=1S/C21H28N4O3S/c1-15(2)25-19(26)21(24(20(25)27)12-13-28-3)8-10-23(11-9-21)14-18-22-16-6-4-5-7-17(16)29-18/h4-7,15H,8-14H2,1-3H3. The number of fused-ring (bicyclic) bond motifs is 1. The molecule has 0 atom stereocenters. The van der Waals surface area contributed by atoms with Gasteiger partial charge < -0.3 is 9.64 Å². The number of benzene rings is 1. The molecule has 3 heterocycles. The van der Waals surface area contributed by atoms with Gasteiger partial charge in [0.05, 0.1) is 23.4 Å². The summed E-state index contributed by atoms with van der Waals surface area (Å²) in [7, 11) is 1.62. The van der Waals surface area contributed by atoms with Crippen LogP contribution in [0.1, 0.15) is 31.7 Å². The van der Waals surface area contributed by atoms with Gasteiger partial charge in [0.15, 0.2) is 0 Å². The molecule has 0 unspecified atom stereocenters. The van der Waals surface area contributed by atoms with E-state index in [1.165, 1.54) is 9.60 Å². The molecule has 3 amide bonds. The molecule has 0 aliphatic carbocycles. The van der Waals surface area contributed by atoms with Crippen LogP contribution in [0.15, 0.2) is 24.3 Å². The first kappa shape index (κ1) is 20.3.